The summed E-state index contributed by atoms with van der Waals surface area (Å²) in [6.45, 7) is 7.32. The first-order chi connectivity index (χ1) is 8.36. The maximum Gasteiger partial charge on any atom is 0.220 e. The Bertz CT molecular complexity index is 376. The van der Waals surface area contributed by atoms with Crippen LogP contribution < -0.4 is 10.5 Å². The first-order valence-electron chi connectivity index (χ1n) is 6.37. The molecule has 1 atom stereocenters. The van der Waals surface area contributed by atoms with E-state index in [0.717, 1.165) is 32.5 Å². The van der Waals surface area contributed by atoms with Gasteiger partial charge in [-0.3, -0.25) is 0 Å². The lowest BCUT2D eigenvalue weighted by Crippen LogP contribution is -2.43. The third-order valence-corrected chi connectivity index (χ3v) is 5.85. The molecule has 0 aromatic carbocycles. The van der Waals surface area contributed by atoms with Crippen LogP contribution in [-0.4, -0.2) is 49.7 Å². The summed E-state index contributed by atoms with van der Waals surface area (Å²) in [4.78, 5) is 2.39. The maximum atomic E-state index is 11.8. The molecule has 7 heteroatoms. The van der Waals surface area contributed by atoms with Crippen molar-refractivity contribution in [1.29, 1.82) is 0 Å². The van der Waals surface area contributed by atoms with E-state index in [1.807, 2.05) is 0 Å². The largest absolute Gasteiger partial charge is 0.392 e. The van der Waals surface area contributed by atoms with Crippen molar-refractivity contribution in [1.82, 2.24) is 9.62 Å². The molecule has 1 saturated heterocycles. The van der Waals surface area contributed by atoms with E-state index in [-0.39, 0.29) is 4.99 Å². The molecular formula is C11H23N3O2S2. The third-order valence-electron chi connectivity index (χ3n) is 3.59. The minimum absolute atomic E-state index is 0.0169. The predicted octanol–water partition coefficient (Wildman–Crippen LogP) is 0.312. The van der Waals surface area contributed by atoms with E-state index in [9.17, 15) is 8.42 Å². The first-order valence-corrected chi connectivity index (χ1v) is 8.32. The van der Waals surface area contributed by atoms with Gasteiger partial charge in [-0.05, 0) is 45.3 Å². The molecule has 106 valence electrons. The van der Waals surface area contributed by atoms with Crippen LogP contribution in [0.2, 0.25) is 0 Å². The molecule has 0 aromatic heterocycles. The Labute approximate surface area is 115 Å². The van der Waals surface area contributed by atoms with E-state index in [2.05, 4.69) is 16.5 Å². The second kappa shape index (κ2) is 6.79. The number of sulfonamides is 1. The van der Waals surface area contributed by atoms with E-state index in [1.165, 1.54) is 6.92 Å². The molecule has 5 nitrogen and oxygen atoms in total. The van der Waals surface area contributed by atoms with Crippen molar-refractivity contribution >= 4 is 27.2 Å². The summed E-state index contributed by atoms with van der Waals surface area (Å²) in [5.41, 5.74) is 5.37. The standard InChI is InChI=1S/C11H23N3O2S2/c1-3-14-6-4-10(5-7-14)8-13-18(15,16)9(2)11(12)17/h9-10,13H,3-8H2,1-2H3,(H2,12,17). The van der Waals surface area contributed by atoms with E-state index < -0.39 is 15.3 Å². The quantitative estimate of drug-likeness (QED) is 0.690. The van der Waals surface area contributed by atoms with Gasteiger partial charge in [0, 0.05) is 6.54 Å². The molecule has 1 heterocycles. The monoisotopic (exact) mass is 293 g/mol. The van der Waals surface area contributed by atoms with Gasteiger partial charge in [-0.15, -0.1) is 0 Å². The van der Waals surface area contributed by atoms with Crippen LogP contribution in [0.25, 0.3) is 0 Å². The molecule has 0 amide bonds. The second-order valence-electron chi connectivity index (χ2n) is 4.82. The molecule has 1 aliphatic heterocycles. The zero-order valence-electron chi connectivity index (χ0n) is 11.1. The SMILES string of the molecule is CCN1CCC(CNS(=O)(=O)C(C)C(N)=S)CC1. The van der Waals surface area contributed by atoms with Crippen molar-refractivity contribution in [3.05, 3.63) is 0 Å². The number of nitrogens with one attached hydrogen (secondary N) is 1. The molecule has 18 heavy (non-hydrogen) atoms. The number of rotatable bonds is 6. The minimum atomic E-state index is -3.41. The van der Waals surface area contributed by atoms with Crippen LogP contribution >= 0.6 is 12.2 Å². The van der Waals surface area contributed by atoms with Gasteiger partial charge in [0.15, 0.2) is 0 Å². The van der Waals surface area contributed by atoms with Crippen molar-refractivity contribution in [3.8, 4) is 0 Å². The van der Waals surface area contributed by atoms with Gasteiger partial charge in [-0.1, -0.05) is 19.1 Å². The molecule has 0 radical (unpaired) electrons. The van der Waals surface area contributed by atoms with Gasteiger partial charge in [0.25, 0.3) is 0 Å². The highest BCUT2D eigenvalue weighted by Gasteiger charge is 2.25. The lowest BCUT2D eigenvalue weighted by Gasteiger charge is -2.31. The van der Waals surface area contributed by atoms with Crippen molar-refractivity contribution in [2.75, 3.05) is 26.2 Å². The zero-order valence-corrected chi connectivity index (χ0v) is 12.7. The highest BCUT2D eigenvalue weighted by molar-refractivity contribution is 7.93. The summed E-state index contributed by atoms with van der Waals surface area (Å²) in [6.07, 6.45) is 2.08. The van der Waals surface area contributed by atoms with E-state index in [1.54, 1.807) is 0 Å². The molecule has 1 fully saturated rings. The third kappa shape index (κ3) is 4.46. The number of hydrogen-bond acceptors (Lipinski definition) is 4. The zero-order chi connectivity index (χ0) is 13.8. The van der Waals surface area contributed by atoms with Gasteiger partial charge in [0.1, 0.15) is 5.25 Å². The summed E-state index contributed by atoms with van der Waals surface area (Å²) in [7, 11) is -3.41. The van der Waals surface area contributed by atoms with Crippen LogP contribution in [0.3, 0.4) is 0 Å². The molecule has 0 aromatic rings. The molecule has 1 rings (SSSR count). The van der Waals surface area contributed by atoms with Crippen molar-refractivity contribution in [2.24, 2.45) is 11.7 Å². The molecule has 1 aliphatic rings. The number of piperidine rings is 1. The fourth-order valence-corrected chi connectivity index (χ4v) is 3.42. The predicted molar refractivity (Wildman–Crippen MR) is 78.0 cm³/mol. The van der Waals surface area contributed by atoms with Crippen LogP contribution in [-0.2, 0) is 10.0 Å². The van der Waals surface area contributed by atoms with Crippen molar-refractivity contribution < 1.29 is 8.42 Å². The Kier molecular flexibility index (Phi) is 5.97. The lowest BCUT2D eigenvalue weighted by atomic mass is 9.97. The normalized spacial score (nSPS) is 20.8. The van der Waals surface area contributed by atoms with Gasteiger partial charge in [0.2, 0.25) is 10.0 Å². The Morgan fingerprint density at radius 1 is 1.50 bits per heavy atom. The lowest BCUT2D eigenvalue weighted by molar-refractivity contribution is 0.193. The van der Waals surface area contributed by atoms with E-state index in [4.69, 9.17) is 18.0 Å². The van der Waals surface area contributed by atoms with Crippen molar-refractivity contribution in [3.63, 3.8) is 0 Å². The summed E-state index contributed by atoms with van der Waals surface area (Å²) < 4.78 is 26.3. The Morgan fingerprint density at radius 2 is 2.06 bits per heavy atom. The number of nitrogens with zero attached hydrogens (tertiary/aromatic N) is 1. The minimum Gasteiger partial charge on any atom is -0.392 e. The van der Waals surface area contributed by atoms with Crippen LogP contribution in [0.1, 0.15) is 26.7 Å². The second-order valence-corrected chi connectivity index (χ2v) is 7.37. The fourth-order valence-electron chi connectivity index (χ4n) is 2.02. The van der Waals surface area contributed by atoms with Gasteiger partial charge in [-0.2, -0.15) is 0 Å². The fraction of sp³-hybridized carbons (Fsp3) is 0.909. The molecule has 0 saturated carbocycles. The van der Waals surface area contributed by atoms with Gasteiger partial charge >= 0.3 is 0 Å². The summed E-state index contributed by atoms with van der Waals surface area (Å²) in [5.74, 6) is 0.418. The molecule has 0 bridgehead atoms. The smallest absolute Gasteiger partial charge is 0.220 e. The summed E-state index contributed by atoms with van der Waals surface area (Å²) in [6, 6.07) is 0. The van der Waals surface area contributed by atoms with Crippen LogP contribution in [0.15, 0.2) is 0 Å². The van der Waals surface area contributed by atoms with Crippen LogP contribution in [0, 0.1) is 5.92 Å². The van der Waals surface area contributed by atoms with Gasteiger partial charge in [0.05, 0.1) is 4.99 Å². The van der Waals surface area contributed by atoms with Gasteiger partial charge < -0.3 is 10.6 Å². The summed E-state index contributed by atoms with van der Waals surface area (Å²) in [5, 5.41) is -0.803. The maximum absolute atomic E-state index is 11.8. The Balaban J connectivity index is 2.40. The first kappa shape index (κ1) is 15.8. The van der Waals surface area contributed by atoms with Crippen LogP contribution in [0.4, 0.5) is 0 Å². The molecule has 1 unspecified atom stereocenters. The average molecular weight is 293 g/mol. The highest BCUT2D eigenvalue weighted by atomic mass is 32.2. The molecular weight excluding hydrogens is 270 g/mol. The Hall–Kier alpha value is -0.240. The van der Waals surface area contributed by atoms with Crippen molar-refractivity contribution in [2.45, 2.75) is 31.9 Å². The topological polar surface area (TPSA) is 75.4 Å². The number of likely N-dealkylation sites (tertiary alicyclic amines) is 1. The highest BCUT2D eigenvalue weighted by Crippen LogP contribution is 2.16. The number of hydrogen-bond donors (Lipinski definition) is 2. The number of thiocarbonyl (C=S) groups is 1. The van der Waals surface area contributed by atoms with Crippen LogP contribution in [0.5, 0.6) is 0 Å². The van der Waals surface area contributed by atoms with E-state index >= 15 is 0 Å². The molecule has 0 aliphatic carbocycles. The van der Waals surface area contributed by atoms with E-state index in [0.29, 0.717) is 12.5 Å². The Morgan fingerprint density at radius 3 is 2.50 bits per heavy atom. The summed E-state index contributed by atoms with van der Waals surface area (Å²) >= 11 is 4.72. The average Bonchev–Trinajstić information content (AvgIpc) is 2.36. The molecule has 3 N–H and O–H groups in total. The number of nitrogens with two attached hydrogens (primary N) is 1. The molecule has 0 spiro atoms. The van der Waals surface area contributed by atoms with Gasteiger partial charge in [-0.25, -0.2) is 13.1 Å².